The number of hydrogen-bond donors (Lipinski definition) is 2. The van der Waals surface area contributed by atoms with E-state index in [2.05, 4.69) is 10.4 Å². The van der Waals surface area contributed by atoms with Crippen molar-refractivity contribution >= 4 is 28.7 Å². The van der Waals surface area contributed by atoms with Crippen LogP contribution in [0.3, 0.4) is 0 Å². The zero-order valence-corrected chi connectivity index (χ0v) is 12.7. The predicted molar refractivity (Wildman–Crippen MR) is 84.7 cm³/mol. The number of hydrogen-bond acceptors (Lipinski definition) is 2. The Morgan fingerprint density at radius 3 is 2.25 bits per heavy atom. The normalized spacial score (nSPS) is 12.0. The summed E-state index contributed by atoms with van der Waals surface area (Å²) in [4.78, 5) is 0. The summed E-state index contributed by atoms with van der Waals surface area (Å²) < 4.78 is 65.4. The third kappa shape index (κ3) is 4.72. The molecule has 0 radical (unpaired) electrons. The van der Waals surface area contributed by atoms with Gasteiger partial charge in [0.15, 0.2) is 10.8 Å². The minimum absolute atomic E-state index is 0.159. The van der Waals surface area contributed by atoms with Crippen molar-refractivity contribution in [2.24, 2.45) is 5.10 Å². The van der Waals surface area contributed by atoms with Gasteiger partial charge in [0.1, 0.15) is 11.6 Å². The summed E-state index contributed by atoms with van der Waals surface area (Å²) >= 11 is 4.76. The van der Waals surface area contributed by atoms with Gasteiger partial charge in [-0.25, -0.2) is 8.78 Å². The van der Waals surface area contributed by atoms with Crippen molar-refractivity contribution in [1.29, 1.82) is 0 Å². The molecule has 9 heteroatoms. The fraction of sp³-hybridized carbons (Fsp3) is 0.0667. The number of anilines is 1. The van der Waals surface area contributed by atoms with Gasteiger partial charge in [-0.05, 0) is 24.4 Å². The van der Waals surface area contributed by atoms with Crippen molar-refractivity contribution in [3.63, 3.8) is 0 Å². The average Bonchev–Trinajstić information content (AvgIpc) is 2.50. The number of benzene rings is 2. The van der Waals surface area contributed by atoms with Crippen LogP contribution in [-0.4, -0.2) is 17.0 Å². The van der Waals surface area contributed by atoms with Gasteiger partial charge in [-0.3, -0.25) is 5.43 Å². The highest BCUT2D eigenvalue weighted by molar-refractivity contribution is 7.80. The van der Waals surface area contributed by atoms with Crippen molar-refractivity contribution in [2.45, 2.75) is 6.18 Å². The van der Waals surface area contributed by atoms with Gasteiger partial charge in [-0.1, -0.05) is 30.3 Å². The molecule has 0 heterocycles. The summed E-state index contributed by atoms with van der Waals surface area (Å²) in [5, 5.41) is 5.17. The summed E-state index contributed by atoms with van der Waals surface area (Å²) in [6.07, 6.45) is -4.72. The van der Waals surface area contributed by atoms with E-state index in [0.29, 0.717) is 6.07 Å². The minimum atomic E-state index is -4.72. The van der Waals surface area contributed by atoms with Crippen molar-refractivity contribution in [1.82, 2.24) is 5.43 Å². The zero-order chi connectivity index (χ0) is 17.7. The Bertz CT molecular complexity index is 759. The third-order valence-corrected chi connectivity index (χ3v) is 2.96. The van der Waals surface area contributed by atoms with E-state index < -0.39 is 23.5 Å². The van der Waals surface area contributed by atoms with Crippen LogP contribution < -0.4 is 10.7 Å². The van der Waals surface area contributed by atoms with Crippen LogP contribution in [0.4, 0.5) is 27.6 Å². The highest BCUT2D eigenvalue weighted by atomic mass is 32.1. The maximum Gasteiger partial charge on any atom is 0.435 e. The van der Waals surface area contributed by atoms with E-state index in [1.807, 2.05) is 5.43 Å². The molecule has 0 aromatic heterocycles. The van der Waals surface area contributed by atoms with Crippen LogP contribution in [0.2, 0.25) is 0 Å². The molecule has 0 fully saturated rings. The predicted octanol–water partition coefficient (Wildman–Crippen LogP) is 4.22. The van der Waals surface area contributed by atoms with Crippen LogP contribution >= 0.6 is 12.2 Å². The third-order valence-electron chi connectivity index (χ3n) is 2.76. The number of hydrazone groups is 1. The van der Waals surface area contributed by atoms with E-state index >= 15 is 0 Å². The number of thiocarbonyl (C=S) groups is 1. The molecule has 0 atom stereocenters. The molecule has 0 saturated carbocycles. The second-order valence-electron chi connectivity index (χ2n) is 4.51. The first kappa shape index (κ1) is 17.8. The maximum absolute atomic E-state index is 13.5. The first-order valence-corrected chi connectivity index (χ1v) is 6.90. The second kappa shape index (κ2) is 7.35. The molecule has 2 N–H and O–H groups in total. The molecule has 0 bridgehead atoms. The van der Waals surface area contributed by atoms with Crippen LogP contribution in [0.25, 0.3) is 0 Å². The molecule has 3 nitrogen and oxygen atoms in total. The van der Waals surface area contributed by atoms with Crippen LogP contribution in [0.15, 0.2) is 53.6 Å². The lowest BCUT2D eigenvalue weighted by atomic mass is 10.1. The second-order valence-corrected chi connectivity index (χ2v) is 4.92. The largest absolute Gasteiger partial charge is 0.435 e. The number of halogens is 5. The molecule has 2 aromatic carbocycles. The molecule has 24 heavy (non-hydrogen) atoms. The van der Waals surface area contributed by atoms with Crippen molar-refractivity contribution in [3.05, 3.63) is 65.7 Å². The van der Waals surface area contributed by atoms with Crippen LogP contribution in [0, 0.1) is 11.6 Å². The number of rotatable bonds is 3. The lowest BCUT2D eigenvalue weighted by Gasteiger charge is -2.12. The molecular formula is C15H10F5N3S. The molecule has 2 rings (SSSR count). The Kier molecular flexibility index (Phi) is 5.45. The summed E-state index contributed by atoms with van der Waals surface area (Å²) in [6.45, 7) is 0. The van der Waals surface area contributed by atoms with Gasteiger partial charge < -0.3 is 5.32 Å². The molecule has 0 aliphatic carbocycles. The van der Waals surface area contributed by atoms with Crippen LogP contribution in [-0.2, 0) is 0 Å². The Morgan fingerprint density at radius 2 is 1.67 bits per heavy atom. The summed E-state index contributed by atoms with van der Waals surface area (Å²) in [5.74, 6) is -1.74. The number of nitrogens with one attached hydrogen (secondary N) is 2. The van der Waals surface area contributed by atoms with Gasteiger partial charge >= 0.3 is 6.18 Å². The number of nitrogens with zero attached hydrogens (tertiary/aromatic N) is 1. The van der Waals surface area contributed by atoms with Crippen molar-refractivity contribution in [2.75, 3.05) is 5.32 Å². The Labute approximate surface area is 139 Å². The fourth-order valence-electron chi connectivity index (χ4n) is 1.74. The van der Waals surface area contributed by atoms with Gasteiger partial charge in [0.25, 0.3) is 0 Å². The summed E-state index contributed by atoms with van der Waals surface area (Å²) in [5.41, 5.74) is 0.462. The van der Waals surface area contributed by atoms with E-state index in [-0.39, 0.29) is 16.4 Å². The Hall–Kier alpha value is -2.55. The van der Waals surface area contributed by atoms with Crippen LogP contribution in [0.5, 0.6) is 0 Å². The lowest BCUT2D eigenvalue weighted by Crippen LogP contribution is -2.31. The monoisotopic (exact) mass is 359 g/mol. The van der Waals surface area contributed by atoms with E-state index in [4.69, 9.17) is 12.2 Å². The van der Waals surface area contributed by atoms with E-state index in [0.717, 1.165) is 12.1 Å². The summed E-state index contributed by atoms with van der Waals surface area (Å²) in [7, 11) is 0. The first-order chi connectivity index (χ1) is 11.3. The molecule has 126 valence electrons. The molecule has 0 aliphatic rings. The van der Waals surface area contributed by atoms with Gasteiger partial charge in [0.2, 0.25) is 0 Å². The van der Waals surface area contributed by atoms with Gasteiger partial charge in [-0.2, -0.15) is 18.3 Å². The van der Waals surface area contributed by atoms with Gasteiger partial charge in [-0.15, -0.1) is 0 Å². The highest BCUT2D eigenvalue weighted by Crippen LogP contribution is 2.22. The quantitative estimate of drug-likeness (QED) is 0.373. The smallest absolute Gasteiger partial charge is 0.329 e. The molecule has 0 spiro atoms. The Morgan fingerprint density at radius 1 is 1.00 bits per heavy atom. The van der Waals surface area contributed by atoms with Crippen LogP contribution in [0.1, 0.15) is 5.56 Å². The minimum Gasteiger partial charge on any atom is -0.329 e. The van der Waals surface area contributed by atoms with Gasteiger partial charge in [0.05, 0.1) is 5.69 Å². The standard InChI is InChI=1S/C15H10F5N3S/c16-10-6-7-12(11(17)8-10)21-14(24)23-22-13(15(18,19)20)9-4-2-1-3-5-9/h1-8H,(H2,21,23,24). The lowest BCUT2D eigenvalue weighted by molar-refractivity contribution is -0.0583. The first-order valence-electron chi connectivity index (χ1n) is 6.49. The van der Waals surface area contributed by atoms with Crippen molar-refractivity contribution < 1.29 is 22.0 Å². The van der Waals surface area contributed by atoms with Crippen molar-refractivity contribution in [3.8, 4) is 0 Å². The topological polar surface area (TPSA) is 36.4 Å². The molecule has 2 aromatic rings. The van der Waals surface area contributed by atoms with E-state index in [1.165, 1.54) is 24.3 Å². The van der Waals surface area contributed by atoms with E-state index in [1.54, 1.807) is 6.07 Å². The molecule has 0 unspecified atom stereocenters. The average molecular weight is 359 g/mol. The fourth-order valence-corrected chi connectivity index (χ4v) is 1.89. The molecule has 0 saturated heterocycles. The summed E-state index contributed by atoms with van der Waals surface area (Å²) in [6, 6.07) is 9.55. The zero-order valence-electron chi connectivity index (χ0n) is 11.9. The highest BCUT2D eigenvalue weighted by Gasteiger charge is 2.37. The maximum atomic E-state index is 13.5. The molecule has 0 amide bonds. The molecular weight excluding hydrogens is 349 g/mol. The van der Waals surface area contributed by atoms with Gasteiger partial charge in [0, 0.05) is 11.6 Å². The van der Waals surface area contributed by atoms with E-state index in [9.17, 15) is 22.0 Å². The number of alkyl halides is 3. The molecule has 0 aliphatic heterocycles. The Balaban J connectivity index is 2.15. The SMILES string of the molecule is Fc1ccc(NC(=S)NN=C(c2ccccc2)C(F)(F)F)c(F)c1.